The molecular formula is C14H25F3N2O. The van der Waals surface area contributed by atoms with E-state index in [0.29, 0.717) is 25.2 Å². The Bertz CT molecular complexity index is 312. The van der Waals surface area contributed by atoms with Crippen molar-refractivity contribution in [1.29, 1.82) is 0 Å². The van der Waals surface area contributed by atoms with Gasteiger partial charge >= 0.3 is 6.18 Å². The van der Waals surface area contributed by atoms with Crippen molar-refractivity contribution in [2.24, 2.45) is 0 Å². The average molecular weight is 294 g/mol. The summed E-state index contributed by atoms with van der Waals surface area (Å²) in [5.74, 6) is 0. The first-order chi connectivity index (χ1) is 9.23. The van der Waals surface area contributed by atoms with Gasteiger partial charge in [0.2, 0.25) is 0 Å². The maximum atomic E-state index is 12.3. The zero-order valence-corrected chi connectivity index (χ0v) is 12.3. The van der Waals surface area contributed by atoms with Crippen LogP contribution in [0.1, 0.15) is 39.5 Å². The Kier molecular flexibility index (Phi) is 4.97. The molecular weight excluding hydrogens is 269 g/mol. The standard InChI is InChI=1S/C14H25F3N2O/c1-13(2)9-12(5-8-20-13)18-11-3-6-19(7-4-11)10-14(15,16)17/h11-12,18H,3-10H2,1-2H3. The van der Waals surface area contributed by atoms with Gasteiger partial charge in [-0.25, -0.2) is 0 Å². The highest BCUT2D eigenvalue weighted by Crippen LogP contribution is 2.25. The molecule has 2 saturated heterocycles. The molecule has 0 bridgehead atoms. The van der Waals surface area contributed by atoms with E-state index in [1.54, 1.807) is 0 Å². The summed E-state index contributed by atoms with van der Waals surface area (Å²) in [6, 6.07) is 0.774. The van der Waals surface area contributed by atoms with Gasteiger partial charge in [0.1, 0.15) is 0 Å². The largest absolute Gasteiger partial charge is 0.401 e. The van der Waals surface area contributed by atoms with Crippen LogP contribution < -0.4 is 5.32 Å². The number of nitrogens with zero attached hydrogens (tertiary/aromatic N) is 1. The van der Waals surface area contributed by atoms with Crippen LogP contribution in [0.4, 0.5) is 13.2 Å². The van der Waals surface area contributed by atoms with E-state index in [4.69, 9.17) is 4.74 Å². The summed E-state index contributed by atoms with van der Waals surface area (Å²) in [6.45, 7) is 5.23. The van der Waals surface area contributed by atoms with Crippen LogP contribution in [0.25, 0.3) is 0 Å². The third kappa shape index (κ3) is 5.22. The minimum atomic E-state index is -4.08. The number of ether oxygens (including phenoxy) is 1. The fraction of sp³-hybridized carbons (Fsp3) is 1.00. The molecule has 0 aromatic heterocycles. The molecule has 1 atom stereocenters. The van der Waals surface area contributed by atoms with Crippen molar-refractivity contribution >= 4 is 0 Å². The number of alkyl halides is 3. The quantitative estimate of drug-likeness (QED) is 0.866. The summed E-state index contributed by atoms with van der Waals surface area (Å²) >= 11 is 0. The molecule has 6 heteroatoms. The maximum absolute atomic E-state index is 12.3. The van der Waals surface area contributed by atoms with Crippen molar-refractivity contribution in [3.05, 3.63) is 0 Å². The highest BCUT2D eigenvalue weighted by molar-refractivity contribution is 4.87. The van der Waals surface area contributed by atoms with Crippen LogP contribution in [0.3, 0.4) is 0 Å². The van der Waals surface area contributed by atoms with E-state index in [-0.39, 0.29) is 5.60 Å². The minimum Gasteiger partial charge on any atom is -0.375 e. The molecule has 2 rings (SSSR count). The van der Waals surface area contributed by atoms with Crippen molar-refractivity contribution in [2.45, 2.75) is 63.4 Å². The van der Waals surface area contributed by atoms with E-state index in [2.05, 4.69) is 19.2 Å². The number of hydrogen-bond acceptors (Lipinski definition) is 3. The zero-order valence-electron chi connectivity index (χ0n) is 12.3. The predicted octanol–water partition coefficient (Wildman–Crippen LogP) is 2.56. The number of rotatable bonds is 3. The molecule has 3 nitrogen and oxygen atoms in total. The van der Waals surface area contributed by atoms with Crippen LogP contribution in [0.15, 0.2) is 0 Å². The van der Waals surface area contributed by atoms with Crippen LogP contribution in [0.2, 0.25) is 0 Å². The van der Waals surface area contributed by atoms with E-state index >= 15 is 0 Å². The molecule has 1 N–H and O–H groups in total. The summed E-state index contributed by atoms with van der Waals surface area (Å²) in [6.07, 6.45) is -0.519. The fourth-order valence-electron chi connectivity index (χ4n) is 3.22. The van der Waals surface area contributed by atoms with Gasteiger partial charge in [-0.1, -0.05) is 0 Å². The first kappa shape index (κ1) is 16.0. The van der Waals surface area contributed by atoms with Gasteiger partial charge in [-0.2, -0.15) is 13.2 Å². The van der Waals surface area contributed by atoms with E-state index < -0.39 is 12.7 Å². The second-order valence-corrected chi connectivity index (χ2v) is 6.63. The Hall–Kier alpha value is -0.330. The molecule has 0 amide bonds. The Labute approximate surface area is 118 Å². The summed E-state index contributed by atoms with van der Waals surface area (Å²) in [5.41, 5.74) is -0.0904. The number of likely N-dealkylation sites (tertiary alicyclic amines) is 1. The molecule has 2 aliphatic heterocycles. The van der Waals surface area contributed by atoms with Crippen molar-refractivity contribution in [1.82, 2.24) is 10.2 Å². The predicted molar refractivity (Wildman–Crippen MR) is 71.7 cm³/mol. The van der Waals surface area contributed by atoms with Crippen molar-refractivity contribution in [2.75, 3.05) is 26.2 Å². The second kappa shape index (κ2) is 6.20. The zero-order chi connectivity index (χ0) is 14.8. The first-order valence-electron chi connectivity index (χ1n) is 7.43. The lowest BCUT2D eigenvalue weighted by atomic mass is 9.92. The molecule has 118 valence electrons. The van der Waals surface area contributed by atoms with Gasteiger partial charge in [0.05, 0.1) is 12.1 Å². The smallest absolute Gasteiger partial charge is 0.375 e. The lowest BCUT2D eigenvalue weighted by Gasteiger charge is -2.40. The van der Waals surface area contributed by atoms with Crippen molar-refractivity contribution in [3.8, 4) is 0 Å². The summed E-state index contributed by atoms with van der Waals surface area (Å²) in [7, 11) is 0. The molecule has 20 heavy (non-hydrogen) atoms. The van der Waals surface area contributed by atoms with Gasteiger partial charge in [-0.3, -0.25) is 4.90 Å². The highest BCUT2D eigenvalue weighted by Gasteiger charge is 2.34. The van der Waals surface area contributed by atoms with Gasteiger partial charge in [0.25, 0.3) is 0 Å². The van der Waals surface area contributed by atoms with E-state index in [1.165, 1.54) is 4.90 Å². The second-order valence-electron chi connectivity index (χ2n) is 6.63. The molecule has 0 aromatic carbocycles. The normalized spacial score (nSPS) is 29.6. The van der Waals surface area contributed by atoms with Gasteiger partial charge in [0.15, 0.2) is 0 Å². The molecule has 2 aliphatic rings. The molecule has 2 heterocycles. The average Bonchev–Trinajstić information content (AvgIpc) is 2.28. The number of hydrogen-bond donors (Lipinski definition) is 1. The molecule has 0 radical (unpaired) electrons. The van der Waals surface area contributed by atoms with Crippen molar-refractivity contribution in [3.63, 3.8) is 0 Å². The number of nitrogens with one attached hydrogen (secondary N) is 1. The summed E-state index contributed by atoms with van der Waals surface area (Å²) in [4.78, 5) is 1.51. The topological polar surface area (TPSA) is 24.5 Å². The lowest BCUT2D eigenvalue weighted by Crippen LogP contribution is -2.51. The molecule has 0 aromatic rings. The summed E-state index contributed by atoms with van der Waals surface area (Å²) in [5, 5.41) is 3.61. The molecule has 1 unspecified atom stereocenters. The number of piperidine rings is 1. The highest BCUT2D eigenvalue weighted by atomic mass is 19.4. The lowest BCUT2D eigenvalue weighted by molar-refractivity contribution is -0.148. The van der Waals surface area contributed by atoms with Crippen LogP contribution in [0, 0.1) is 0 Å². The minimum absolute atomic E-state index is 0.0904. The van der Waals surface area contributed by atoms with Crippen LogP contribution >= 0.6 is 0 Å². The van der Waals surface area contributed by atoms with Gasteiger partial charge in [-0.15, -0.1) is 0 Å². The molecule has 0 aliphatic carbocycles. The van der Waals surface area contributed by atoms with E-state index in [0.717, 1.165) is 32.3 Å². The van der Waals surface area contributed by atoms with Crippen LogP contribution in [-0.4, -0.2) is 55.0 Å². The van der Waals surface area contributed by atoms with Gasteiger partial charge in [-0.05, 0) is 52.6 Å². The SMILES string of the molecule is CC1(C)CC(NC2CCN(CC(F)(F)F)CC2)CCO1. The first-order valence-corrected chi connectivity index (χ1v) is 7.43. The van der Waals surface area contributed by atoms with Crippen molar-refractivity contribution < 1.29 is 17.9 Å². The Morgan fingerprint density at radius 3 is 2.35 bits per heavy atom. The van der Waals surface area contributed by atoms with Gasteiger partial charge in [0, 0.05) is 18.7 Å². The monoisotopic (exact) mass is 294 g/mol. The fourth-order valence-corrected chi connectivity index (χ4v) is 3.22. The third-order valence-electron chi connectivity index (χ3n) is 4.16. The third-order valence-corrected chi connectivity index (χ3v) is 4.16. The molecule has 2 fully saturated rings. The van der Waals surface area contributed by atoms with E-state index in [1.807, 2.05) is 0 Å². The van der Waals surface area contributed by atoms with Crippen LogP contribution in [0.5, 0.6) is 0 Å². The van der Waals surface area contributed by atoms with Gasteiger partial charge < -0.3 is 10.1 Å². The van der Waals surface area contributed by atoms with Crippen LogP contribution in [-0.2, 0) is 4.74 Å². The summed E-state index contributed by atoms with van der Waals surface area (Å²) < 4.78 is 42.7. The molecule has 0 saturated carbocycles. The Morgan fingerprint density at radius 1 is 1.15 bits per heavy atom. The Balaban J connectivity index is 1.72. The number of halogens is 3. The Morgan fingerprint density at radius 2 is 1.80 bits per heavy atom. The van der Waals surface area contributed by atoms with E-state index in [9.17, 15) is 13.2 Å². The maximum Gasteiger partial charge on any atom is 0.401 e. The molecule has 0 spiro atoms.